The number of hydrogen-bond acceptors (Lipinski definition) is 1. The van der Waals surface area contributed by atoms with Gasteiger partial charge in [-0.2, -0.15) is 0 Å². The molecule has 0 aromatic heterocycles. The van der Waals surface area contributed by atoms with Crippen molar-refractivity contribution >= 4 is 20.4 Å². The Kier molecular flexibility index (Phi) is 9.84. The van der Waals surface area contributed by atoms with E-state index in [9.17, 15) is 4.39 Å². The summed E-state index contributed by atoms with van der Waals surface area (Å²) in [5.41, 5.74) is 1.08. The van der Waals surface area contributed by atoms with Crippen molar-refractivity contribution in [2.24, 2.45) is 17.8 Å². The van der Waals surface area contributed by atoms with Gasteiger partial charge in [-0.25, -0.2) is 4.39 Å². The van der Waals surface area contributed by atoms with Gasteiger partial charge in [-0.15, -0.1) is 0 Å². The molecule has 0 bridgehead atoms. The van der Waals surface area contributed by atoms with Gasteiger partial charge >= 0.3 is 0 Å². The Morgan fingerprint density at radius 3 is 2.45 bits per heavy atom. The first kappa shape index (κ1) is 23.1. The summed E-state index contributed by atoms with van der Waals surface area (Å²) < 4.78 is 17.7. The zero-order chi connectivity index (χ0) is 20.5. The number of unbranched alkanes of at least 4 members (excludes halogenated alkanes) is 1. The molecule has 164 valence electrons. The van der Waals surface area contributed by atoms with Crippen LogP contribution in [0.2, 0.25) is 23.2 Å². The van der Waals surface area contributed by atoms with Crippen molar-refractivity contribution in [2.75, 3.05) is 6.86 Å². The second kappa shape index (κ2) is 12.3. The van der Waals surface area contributed by atoms with Crippen LogP contribution >= 0.6 is 11.6 Å². The summed E-state index contributed by atoms with van der Waals surface area (Å²) in [5.74, 6) is 3.65. The van der Waals surface area contributed by atoms with Crippen molar-refractivity contribution in [3.05, 3.63) is 28.8 Å². The SMILES string of the molecule is CCC[SiH]1CCC([C@H]2CC[C@H](CCCCc3ccc(Cl)cc3OCF)CC2)CC1. The summed E-state index contributed by atoms with van der Waals surface area (Å²) in [6, 6.07) is 10.5. The zero-order valence-corrected chi connectivity index (χ0v) is 20.2. The molecule has 29 heavy (non-hydrogen) atoms. The normalized spacial score (nSPS) is 27.7. The topological polar surface area (TPSA) is 9.23 Å². The minimum absolute atomic E-state index is 0.325. The molecule has 1 saturated carbocycles. The van der Waals surface area contributed by atoms with E-state index in [-0.39, 0.29) is 8.80 Å². The van der Waals surface area contributed by atoms with Crippen LogP contribution in [0.15, 0.2) is 18.2 Å². The molecule has 0 N–H and O–H groups in total. The van der Waals surface area contributed by atoms with Gasteiger partial charge in [0.05, 0.1) is 0 Å². The molecule has 1 aliphatic carbocycles. The minimum Gasteiger partial charge on any atom is -0.463 e. The molecule has 1 aromatic carbocycles. The Morgan fingerprint density at radius 2 is 1.76 bits per heavy atom. The Balaban J connectivity index is 1.32. The first-order valence-corrected chi connectivity index (χ1v) is 15.0. The standard InChI is InChI=1S/C25H40ClFOSi/c1-2-15-29-16-13-22(14-17-29)21-9-7-20(8-10-21)5-3-4-6-23-11-12-24(26)18-25(23)28-19-27/h11-12,18,20-22,29H,2-10,13-17,19H2,1H3/t20-,21-,22?,29?. The van der Waals surface area contributed by atoms with E-state index < -0.39 is 6.86 Å². The summed E-state index contributed by atoms with van der Waals surface area (Å²) >= 11 is 6.00. The largest absolute Gasteiger partial charge is 0.463 e. The van der Waals surface area contributed by atoms with E-state index in [4.69, 9.17) is 16.3 Å². The van der Waals surface area contributed by atoms with Gasteiger partial charge < -0.3 is 4.74 Å². The van der Waals surface area contributed by atoms with Gasteiger partial charge in [0.2, 0.25) is 6.86 Å². The van der Waals surface area contributed by atoms with Gasteiger partial charge in [-0.3, -0.25) is 0 Å². The van der Waals surface area contributed by atoms with Gasteiger partial charge in [-0.1, -0.05) is 87.7 Å². The number of hydrogen-bond donors (Lipinski definition) is 0. The lowest BCUT2D eigenvalue weighted by atomic mass is 9.73. The van der Waals surface area contributed by atoms with E-state index in [2.05, 4.69) is 6.92 Å². The third-order valence-electron chi connectivity index (χ3n) is 7.69. The highest BCUT2D eigenvalue weighted by Gasteiger charge is 2.30. The average molecular weight is 439 g/mol. The number of halogens is 2. The van der Waals surface area contributed by atoms with Crippen LogP contribution in [-0.4, -0.2) is 15.7 Å². The molecule has 0 spiro atoms. The molecule has 1 heterocycles. The number of rotatable bonds is 10. The molecular formula is C25H40ClFOSi. The maximum absolute atomic E-state index is 12.6. The van der Waals surface area contributed by atoms with Gasteiger partial charge in [0.1, 0.15) is 5.75 Å². The quantitative estimate of drug-likeness (QED) is 0.264. The molecule has 0 radical (unpaired) electrons. The summed E-state index contributed by atoms with van der Waals surface area (Å²) in [6.45, 7) is 1.58. The van der Waals surface area contributed by atoms with Crippen LogP contribution in [-0.2, 0) is 6.42 Å². The van der Waals surface area contributed by atoms with Crippen LogP contribution in [0.3, 0.4) is 0 Å². The molecule has 1 aromatic rings. The molecule has 2 aliphatic rings. The molecule has 4 heteroatoms. The van der Waals surface area contributed by atoms with Crippen molar-refractivity contribution < 1.29 is 9.13 Å². The van der Waals surface area contributed by atoms with Crippen LogP contribution in [0.4, 0.5) is 4.39 Å². The molecule has 0 amide bonds. The summed E-state index contributed by atoms with van der Waals surface area (Å²) in [6.07, 6.45) is 15.2. The highest BCUT2D eigenvalue weighted by atomic mass is 35.5. The van der Waals surface area contributed by atoms with Crippen LogP contribution in [0.5, 0.6) is 5.75 Å². The Morgan fingerprint density at radius 1 is 1.03 bits per heavy atom. The van der Waals surface area contributed by atoms with E-state index in [0.29, 0.717) is 10.8 Å². The molecule has 1 aliphatic heterocycles. The van der Waals surface area contributed by atoms with Crippen LogP contribution in [0.25, 0.3) is 0 Å². The number of alkyl halides is 1. The highest BCUT2D eigenvalue weighted by molar-refractivity contribution is 6.58. The number of aryl methyl sites for hydroxylation is 1. The third-order valence-corrected chi connectivity index (χ3v) is 11.6. The number of ether oxygens (including phenoxy) is 1. The number of benzene rings is 1. The van der Waals surface area contributed by atoms with Crippen molar-refractivity contribution in [3.63, 3.8) is 0 Å². The summed E-state index contributed by atoms with van der Waals surface area (Å²) in [7, 11) is -0.325. The first-order chi connectivity index (χ1) is 14.2. The monoisotopic (exact) mass is 438 g/mol. The maximum atomic E-state index is 12.6. The zero-order valence-electron chi connectivity index (χ0n) is 18.3. The molecule has 3 rings (SSSR count). The first-order valence-electron chi connectivity index (χ1n) is 12.2. The molecule has 1 nitrogen and oxygen atoms in total. The maximum Gasteiger partial charge on any atom is 0.228 e. The smallest absolute Gasteiger partial charge is 0.228 e. The minimum atomic E-state index is -0.793. The van der Waals surface area contributed by atoms with E-state index >= 15 is 0 Å². The van der Waals surface area contributed by atoms with E-state index in [1.54, 1.807) is 37.0 Å². The van der Waals surface area contributed by atoms with Crippen molar-refractivity contribution in [2.45, 2.75) is 95.7 Å². The van der Waals surface area contributed by atoms with Crippen LogP contribution in [0.1, 0.15) is 76.7 Å². The average Bonchev–Trinajstić information content (AvgIpc) is 2.74. The van der Waals surface area contributed by atoms with Crippen molar-refractivity contribution in [1.82, 2.24) is 0 Å². The van der Waals surface area contributed by atoms with E-state index in [1.165, 1.54) is 44.9 Å². The van der Waals surface area contributed by atoms with Crippen molar-refractivity contribution in [3.8, 4) is 5.75 Å². The van der Waals surface area contributed by atoms with Crippen LogP contribution < -0.4 is 4.74 Å². The Bertz CT molecular complexity index is 594. The fourth-order valence-corrected chi connectivity index (χ4v) is 9.63. The van der Waals surface area contributed by atoms with Gasteiger partial charge in [0, 0.05) is 13.8 Å². The molecule has 2 fully saturated rings. The highest BCUT2D eigenvalue weighted by Crippen LogP contribution is 2.42. The van der Waals surface area contributed by atoms with E-state index in [1.807, 2.05) is 12.1 Å². The van der Waals surface area contributed by atoms with Gasteiger partial charge in [0.25, 0.3) is 0 Å². The lowest BCUT2D eigenvalue weighted by molar-refractivity contribution is 0.184. The molecule has 0 unspecified atom stereocenters. The Hall–Kier alpha value is -0.543. The summed E-state index contributed by atoms with van der Waals surface area (Å²) in [4.78, 5) is 0. The predicted octanol–water partition coefficient (Wildman–Crippen LogP) is 8.21. The second-order valence-electron chi connectivity index (χ2n) is 9.60. The van der Waals surface area contributed by atoms with Gasteiger partial charge in [0.15, 0.2) is 0 Å². The molecule has 1 saturated heterocycles. The lowest BCUT2D eigenvalue weighted by Crippen LogP contribution is -2.28. The molecule has 0 atom stereocenters. The lowest BCUT2D eigenvalue weighted by Gasteiger charge is -2.37. The fraction of sp³-hybridized carbons (Fsp3) is 0.760. The summed E-state index contributed by atoms with van der Waals surface area (Å²) in [5, 5.41) is 0.607. The van der Waals surface area contributed by atoms with Crippen LogP contribution in [0, 0.1) is 17.8 Å². The van der Waals surface area contributed by atoms with Crippen molar-refractivity contribution in [1.29, 1.82) is 0 Å². The van der Waals surface area contributed by atoms with Gasteiger partial charge in [-0.05, 0) is 61.1 Å². The third kappa shape index (κ3) is 7.27. The Labute approximate surface area is 184 Å². The second-order valence-corrected chi connectivity index (χ2v) is 13.5. The fourth-order valence-electron chi connectivity index (χ4n) is 5.98. The van der Waals surface area contributed by atoms with E-state index in [0.717, 1.165) is 36.2 Å². The molecular weight excluding hydrogens is 399 g/mol. The predicted molar refractivity (Wildman–Crippen MR) is 126 cm³/mol.